The Morgan fingerprint density at radius 3 is 2.79 bits per heavy atom. The van der Waals surface area contributed by atoms with Crippen molar-refractivity contribution in [2.45, 2.75) is 19.1 Å². The zero-order valence-corrected chi connectivity index (χ0v) is 12.1. The van der Waals surface area contributed by atoms with Crippen molar-refractivity contribution in [3.8, 4) is 5.69 Å². The molecular formula is C14H17N3OS. The summed E-state index contributed by atoms with van der Waals surface area (Å²) in [6, 6.07) is 9.75. The Bertz CT molecular complexity index is 580. The number of hydrogen-bond donors (Lipinski definition) is 1. The SMILES string of the molecule is CS[C@@H](C)C(=O)Nc1ccnn1-c1ccccc1C. The number of thioether (sulfide) groups is 1. The topological polar surface area (TPSA) is 46.9 Å². The van der Waals surface area contributed by atoms with Crippen LogP contribution in [0.15, 0.2) is 36.5 Å². The first-order valence-corrected chi connectivity index (χ1v) is 7.36. The van der Waals surface area contributed by atoms with Gasteiger partial charge in [-0.15, -0.1) is 0 Å². The number of anilines is 1. The van der Waals surface area contributed by atoms with Crippen molar-refractivity contribution >= 4 is 23.5 Å². The highest BCUT2D eigenvalue weighted by atomic mass is 32.2. The summed E-state index contributed by atoms with van der Waals surface area (Å²) in [6.45, 7) is 3.90. The summed E-state index contributed by atoms with van der Waals surface area (Å²) < 4.78 is 1.75. The summed E-state index contributed by atoms with van der Waals surface area (Å²) in [6.07, 6.45) is 3.61. The summed E-state index contributed by atoms with van der Waals surface area (Å²) in [5.74, 6) is 0.683. The fourth-order valence-corrected chi connectivity index (χ4v) is 2.00. The van der Waals surface area contributed by atoms with Crippen LogP contribution in [0.5, 0.6) is 0 Å². The summed E-state index contributed by atoms with van der Waals surface area (Å²) in [5, 5.41) is 7.11. The van der Waals surface area contributed by atoms with Gasteiger partial charge in [-0.05, 0) is 31.7 Å². The molecule has 0 radical (unpaired) electrons. The van der Waals surface area contributed by atoms with Gasteiger partial charge < -0.3 is 5.32 Å². The summed E-state index contributed by atoms with van der Waals surface area (Å²) in [7, 11) is 0. The number of benzene rings is 1. The largest absolute Gasteiger partial charge is 0.310 e. The van der Waals surface area contributed by atoms with E-state index in [4.69, 9.17) is 0 Å². The van der Waals surface area contributed by atoms with Gasteiger partial charge in [-0.3, -0.25) is 4.79 Å². The van der Waals surface area contributed by atoms with Crippen molar-refractivity contribution in [2.75, 3.05) is 11.6 Å². The minimum Gasteiger partial charge on any atom is -0.310 e. The Labute approximate surface area is 117 Å². The second-order valence-corrected chi connectivity index (χ2v) is 5.46. The number of nitrogens with one attached hydrogen (secondary N) is 1. The third-order valence-corrected chi connectivity index (χ3v) is 3.88. The number of para-hydroxylation sites is 1. The molecule has 1 aromatic carbocycles. The van der Waals surface area contributed by atoms with Crippen molar-refractivity contribution in [1.29, 1.82) is 0 Å². The van der Waals surface area contributed by atoms with Crippen molar-refractivity contribution in [3.05, 3.63) is 42.1 Å². The van der Waals surface area contributed by atoms with Gasteiger partial charge in [-0.2, -0.15) is 16.9 Å². The van der Waals surface area contributed by atoms with Gasteiger partial charge in [-0.25, -0.2) is 4.68 Å². The van der Waals surface area contributed by atoms with E-state index in [9.17, 15) is 4.79 Å². The molecule has 0 saturated carbocycles. The Morgan fingerprint density at radius 2 is 2.11 bits per heavy atom. The van der Waals surface area contributed by atoms with Crippen molar-refractivity contribution < 1.29 is 4.79 Å². The van der Waals surface area contributed by atoms with E-state index < -0.39 is 0 Å². The number of aryl methyl sites for hydroxylation is 1. The Morgan fingerprint density at radius 1 is 1.37 bits per heavy atom. The zero-order chi connectivity index (χ0) is 13.8. The second-order valence-electron chi connectivity index (χ2n) is 4.28. The lowest BCUT2D eigenvalue weighted by Crippen LogP contribution is -2.23. The molecule has 100 valence electrons. The molecule has 2 aromatic rings. The second kappa shape index (κ2) is 5.93. The van der Waals surface area contributed by atoms with Crippen LogP contribution in [0.4, 0.5) is 5.82 Å². The van der Waals surface area contributed by atoms with E-state index in [1.54, 1.807) is 16.9 Å². The van der Waals surface area contributed by atoms with Gasteiger partial charge in [0.15, 0.2) is 0 Å². The van der Waals surface area contributed by atoms with Gasteiger partial charge in [-0.1, -0.05) is 18.2 Å². The Balaban J connectivity index is 2.28. The van der Waals surface area contributed by atoms with Crippen LogP contribution in [0.2, 0.25) is 0 Å². The van der Waals surface area contributed by atoms with E-state index in [0.29, 0.717) is 5.82 Å². The predicted octanol–water partition coefficient (Wildman–Crippen LogP) is 2.87. The van der Waals surface area contributed by atoms with Crippen LogP contribution in [0, 0.1) is 6.92 Å². The smallest absolute Gasteiger partial charge is 0.238 e. The van der Waals surface area contributed by atoms with Crippen LogP contribution in [-0.4, -0.2) is 27.2 Å². The first-order chi connectivity index (χ1) is 9.13. The number of amides is 1. The molecule has 1 N–H and O–H groups in total. The number of hydrogen-bond acceptors (Lipinski definition) is 3. The summed E-state index contributed by atoms with van der Waals surface area (Å²) >= 11 is 1.52. The van der Waals surface area contributed by atoms with Crippen LogP contribution in [0.25, 0.3) is 5.69 Å². The summed E-state index contributed by atoms with van der Waals surface area (Å²) in [4.78, 5) is 11.9. The van der Waals surface area contributed by atoms with Gasteiger partial charge in [0.2, 0.25) is 5.91 Å². The van der Waals surface area contributed by atoms with Gasteiger partial charge in [0.1, 0.15) is 5.82 Å². The fourth-order valence-electron chi connectivity index (χ4n) is 1.73. The normalized spacial score (nSPS) is 12.2. The quantitative estimate of drug-likeness (QED) is 0.933. The van der Waals surface area contributed by atoms with Crippen molar-refractivity contribution in [2.24, 2.45) is 0 Å². The van der Waals surface area contributed by atoms with E-state index in [1.165, 1.54) is 11.8 Å². The molecule has 0 aliphatic heterocycles. The van der Waals surface area contributed by atoms with Crippen LogP contribution in [0.1, 0.15) is 12.5 Å². The number of carbonyl (C=O) groups excluding carboxylic acids is 1. The highest BCUT2D eigenvalue weighted by Crippen LogP contribution is 2.19. The number of aromatic nitrogens is 2. The minimum absolute atomic E-state index is 0.0113. The molecule has 2 rings (SSSR count). The maximum Gasteiger partial charge on any atom is 0.238 e. The van der Waals surface area contributed by atoms with Gasteiger partial charge in [0, 0.05) is 6.07 Å². The molecule has 0 saturated heterocycles. The molecular weight excluding hydrogens is 258 g/mol. The van der Waals surface area contributed by atoms with Gasteiger partial charge in [0.25, 0.3) is 0 Å². The highest BCUT2D eigenvalue weighted by molar-refractivity contribution is 7.99. The molecule has 1 amide bonds. The molecule has 0 aliphatic carbocycles. The molecule has 1 aromatic heterocycles. The van der Waals surface area contributed by atoms with E-state index in [1.807, 2.05) is 44.4 Å². The third-order valence-electron chi connectivity index (χ3n) is 2.96. The van der Waals surface area contributed by atoms with E-state index in [0.717, 1.165) is 11.3 Å². The minimum atomic E-state index is -0.0831. The monoisotopic (exact) mass is 275 g/mol. The van der Waals surface area contributed by atoms with Crippen LogP contribution < -0.4 is 5.32 Å². The van der Waals surface area contributed by atoms with E-state index in [2.05, 4.69) is 10.4 Å². The molecule has 1 heterocycles. The molecule has 0 aliphatic rings. The predicted molar refractivity (Wildman–Crippen MR) is 79.9 cm³/mol. The van der Waals surface area contributed by atoms with Crippen molar-refractivity contribution in [1.82, 2.24) is 9.78 Å². The molecule has 0 fully saturated rings. The Kier molecular flexibility index (Phi) is 4.27. The first-order valence-electron chi connectivity index (χ1n) is 6.07. The zero-order valence-electron chi connectivity index (χ0n) is 11.3. The number of nitrogens with zero attached hydrogens (tertiary/aromatic N) is 2. The highest BCUT2D eigenvalue weighted by Gasteiger charge is 2.14. The number of rotatable bonds is 4. The van der Waals surface area contributed by atoms with Gasteiger partial charge >= 0.3 is 0 Å². The van der Waals surface area contributed by atoms with Crippen LogP contribution in [-0.2, 0) is 4.79 Å². The molecule has 19 heavy (non-hydrogen) atoms. The van der Waals surface area contributed by atoms with Gasteiger partial charge in [0.05, 0.1) is 17.1 Å². The van der Waals surface area contributed by atoms with E-state index in [-0.39, 0.29) is 11.2 Å². The van der Waals surface area contributed by atoms with Crippen LogP contribution in [0.3, 0.4) is 0 Å². The molecule has 0 spiro atoms. The summed E-state index contributed by atoms with van der Waals surface area (Å²) in [5.41, 5.74) is 2.08. The average Bonchev–Trinajstić information content (AvgIpc) is 2.86. The first kappa shape index (κ1) is 13.7. The lowest BCUT2D eigenvalue weighted by molar-refractivity contribution is -0.115. The fraction of sp³-hybridized carbons (Fsp3) is 0.286. The van der Waals surface area contributed by atoms with Crippen molar-refractivity contribution in [3.63, 3.8) is 0 Å². The lowest BCUT2D eigenvalue weighted by atomic mass is 10.2. The maximum atomic E-state index is 11.9. The lowest BCUT2D eigenvalue weighted by Gasteiger charge is -2.13. The maximum absolute atomic E-state index is 11.9. The third kappa shape index (κ3) is 2.98. The molecule has 0 bridgehead atoms. The molecule has 4 nitrogen and oxygen atoms in total. The standard InChI is InChI=1S/C14H17N3OS/c1-10-6-4-5-7-12(10)17-13(8-9-15-17)16-14(18)11(2)19-3/h4-9,11H,1-3H3,(H,16,18)/t11-/m0/s1. The average molecular weight is 275 g/mol. The Hall–Kier alpha value is -1.75. The molecule has 0 unspecified atom stereocenters. The van der Waals surface area contributed by atoms with Crippen LogP contribution >= 0.6 is 11.8 Å². The van der Waals surface area contributed by atoms with E-state index >= 15 is 0 Å². The molecule has 1 atom stereocenters. The number of carbonyl (C=O) groups is 1. The molecule has 5 heteroatoms.